The van der Waals surface area contributed by atoms with Gasteiger partial charge >= 0.3 is 0 Å². The quantitative estimate of drug-likeness (QED) is 0.889. The van der Waals surface area contributed by atoms with Gasteiger partial charge in [0, 0.05) is 11.1 Å². The third-order valence-electron chi connectivity index (χ3n) is 2.85. The summed E-state index contributed by atoms with van der Waals surface area (Å²) in [4.78, 5) is 12.0. The second-order valence-electron chi connectivity index (χ2n) is 5.99. The van der Waals surface area contributed by atoms with Gasteiger partial charge in [0.1, 0.15) is 5.75 Å². The van der Waals surface area contributed by atoms with Crippen molar-refractivity contribution in [3.8, 4) is 5.75 Å². The highest BCUT2D eigenvalue weighted by Crippen LogP contribution is 2.28. The van der Waals surface area contributed by atoms with Gasteiger partial charge in [-0.05, 0) is 43.5 Å². The molecule has 0 saturated heterocycles. The minimum Gasteiger partial charge on any atom is -0.493 e. The summed E-state index contributed by atoms with van der Waals surface area (Å²) in [6, 6.07) is 3.92. The fourth-order valence-electron chi connectivity index (χ4n) is 1.77. The maximum atomic E-state index is 12.0. The number of carbonyl (C=O) groups is 1. The van der Waals surface area contributed by atoms with Crippen LogP contribution in [0.25, 0.3) is 0 Å². The second-order valence-corrected chi connectivity index (χ2v) is 5.99. The van der Waals surface area contributed by atoms with Crippen LogP contribution in [0.1, 0.15) is 45.2 Å². The second kappa shape index (κ2) is 6.09. The van der Waals surface area contributed by atoms with E-state index in [2.05, 4.69) is 12.2 Å². The van der Waals surface area contributed by atoms with E-state index in [1.165, 1.54) is 0 Å². The highest BCUT2D eigenvalue weighted by atomic mass is 16.5. The number of carbonyl (C=O) groups excluding carboxylic acids is 1. The number of rotatable bonds is 4. The Hall–Kier alpha value is -1.51. The van der Waals surface area contributed by atoms with Crippen LogP contribution in [0.4, 0.5) is 5.69 Å². The SMILES string of the molecule is CCCOc1c(C)cc(NC(=O)C(C)(C)C)cc1C. The predicted molar refractivity (Wildman–Crippen MR) is 79.8 cm³/mol. The van der Waals surface area contributed by atoms with Crippen molar-refractivity contribution in [1.29, 1.82) is 0 Å². The van der Waals surface area contributed by atoms with Gasteiger partial charge < -0.3 is 10.1 Å². The van der Waals surface area contributed by atoms with Crippen LogP contribution in [0.2, 0.25) is 0 Å². The van der Waals surface area contributed by atoms with Crippen LogP contribution in [0.15, 0.2) is 12.1 Å². The molecule has 0 unspecified atom stereocenters. The van der Waals surface area contributed by atoms with Gasteiger partial charge in [0.05, 0.1) is 6.61 Å². The van der Waals surface area contributed by atoms with Gasteiger partial charge in [-0.1, -0.05) is 27.7 Å². The van der Waals surface area contributed by atoms with Crippen molar-refractivity contribution in [1.82, 2.24) is 0 Å². The number of anilines is 1. The normalized spacial score (nSPS) is 11.3. The van der Waals surface area contributed by atoms with Crippen LogP contribution in [0.5, 0.6) is 5.75 Å². The Kier molecular flexibility index (Phi) is 4.98. The largest absolute Gasteiger partial charge is 0.493 e. The van der Waals surface area contributed by atoms with E-state index in [-0.39, 0.29) is 11.3 Å². The van der Waals surface area contributed by atoms with Gasteiger partial charge in [0.15, 0.2) is 0 Å². The van der Waals surface area contributed by atoms with Crippen LogP contribution in [-0.2, 0) is 4.79 Å². The molecule has 1 N–H and O–H groups in total. The first-order chi connectivity index (χ1) is 8.75. The third-order valence-corrected chi connectivity index (χ3v) is 2.85. The number of benzene rings is 1. The zero-order valence-electron chi connectivity index (χ0n) is 12.9. The van der Waals surface area contributed by atoms with Crippen molar-refractivity contribution < 1.29 is 9.53 Å². The van der Waals surface area contributed by atoms with Gasteiger partial charge in [0.2, 0.25) is 5.91 Å². The molecule has 1 amide bonds. The van der Waals surface area contributed by atoms with Crippen LogP contribution in [0.3, 0.4) is 0 Å². The number of aryl methyl sites for hydroxylation is 2. The molecule has 1 rings (SSSR count). The van der Waals surface area contributed by atoms with E-state index in [9.17, 15) is 4.79 Å². The third kappa shape index (κ3) is 4.27. The minimum absolute atomic E-state index is 0.0218. The highest BCUT2D eigenvalue weighted by Gasteiger charge is 2.21. The molecule has 0 heterocycles. The summed E-state index contributed by atoms with van der Waals surface area (Å²) < 4.78 is 5.73. The zero-order valence-corrected chi connectivity index (χ0v) is 12.9. The molecule has 0 aliphatic rings. The number of amides is 1. The Balaban J connectivity index is 2.92. The first kappa shape index (κ1) is 15.5. The molecule has 1 aromatic carbocycles. The summed E-state index contributed by atoms with van der Waals surface area (Å²) in [5, 5.41) is 2.95. The van der Waals surface area contributed by atoms with Gasteiger partial charge in [-0.25, -0.2) is 0 Å². The summed E-state index contributed by atoms with van der Waals surface area (Å²) in [6.45, 7) is 12.5. The van der Waals surface area contributed by atoms with Crippen LogP contribution >= 0.6 is 0 Å². The van der Waals surface area contributed by atoms with Crippen LogP contribution < -0.4 is 10.1 Å². The van der Waals surface area contributed by atoms with Gasteiger partial charge in [-0.2, -0.15) is 0 Å². The lowest BCUT2D eigenvalue weighted by atomic mass is 9.95. The molecule has 0 fully saturated rings. The molecule has 0 aliphatic heterocycles. The van der Waals surface area contributed by atoms with Crippen molar-refractivity contribution in [2.75, 3.05) is 11.9 Å². The lowest BCUT2D eigenvalue weighted by molar-refractivity contribution is -0.123. The fourth-order valence-corrected chi connectivity index (χ4v) is 1.77. The molecule has 0 atom stereocenters. The first-order valence-corrected chi connectivity index (χ1v) is 6.81. The Labute approximate surface area is 116 Å². The molecule has 19 heavy (non-hydrogen) atoms. The number of hydrogen-bond donors (Lipinski definition) is 1. The van der Waals surface area contributed by atoms with Gasteiger partial charge in [0.25, 0.3) is 0 Å². The summed E-state index contributed by atoms with van der Waals surface area (Å²) in [5.74, 6) is 0.948. The monoisotopic (exact) mass is 263 g/mol. The van der Waals surface area contributed by atoms with E-state index in [1.54, 1.807) is 0 Å². The number of nitrogens with one attached hydrogen (secondary N) is 1. The maximum absolute atomic E-state index is 12.0. The highest BCUT2D eigenvalue weighted by molar-refractivity contribution is 5.94. The van der Waals surface area contributed by atoms with Crippen molar-refractivity contribution in [3.05, 3.63) is 23.3 Å². The van der Waals surface area contributed by atoms with Crippen molar-refractivity contribution in [2.24, 2.45) is 5.41 Å². The minimum atomic E-state index is -0.390. The van der Waals surface area contributed by atoms with Crippen LogP contribution in [-0.4, -0.2) is 12.5 Å². The molecule has 106 valence electrons. The van der Waals surface area contributed by atoms with E-state index < -0.39 is 0 Å². The summed E-state index contributed by atoms with van der Waals surface area (Å²) in [6.07, 6.45) is 0.987. The Bertz CT molecular complexity index is 435. The molecular weight excluding hydrogens is 238 g/mol. The van der Waals surface area contributed by atoms with E-state index in [4.69, 9.17) is 4.74 Å². The smallest absolute Gasteiger partial charge is 0.229 e. The molecule has 0 aromatic heterocycles. The predicted octanol–water partition coefficient (Wildman–Crippen LogP) is 4.08. The molecular formula is C16H25NO2. The van der Waals surface area contributed by atoms with E-state index in [0.29, 0.717) is 0 Å². The molecule has 0 saturated carbocycles. The lowest BCUT2D eigenvalue weighted by Gasteiger charge is -2.19. The topological polar surface area (TPSA) is 38.3 Å². The van der Waals surface area contributed by atoms with Gasteiger partial charge in [-0.15, -0.1) is 0 Å². The molecule has 0 aliphatic carbocycles. The van der Waals surface area contributed by atoms with E-state index >= 15 is 0 Å². The Morgan fingerprint density at radius 1 is 1.21 bits per heavy atom. The average Bonchev–Trinajstić information content (AvgIpc) is 2.26. The molecule has 0 bridgehead atoms. The van der Waals surface area contributed by atoms with E-state index in [1.807, 2.05) is 46.8 Å². The number of ether oxygens (including phenoxy) is 1. The maximum Gasteiger partial charge on any atom is 0.229 e. The molecule has 0 spiro atoms. The summed E-state index contributed by atoms with van der Waals surface area (Å²) in [5.41, 5.74) is 2.55. The molecule has 3 nitrogen and oxygen atoms in total. The Morgan fingerprint density at radius 2 is 1.74 bits per heavy atom. The van der Waals surface area contributed by atoms with Gasteiger partial charge in [-0.3, -0.25) is 4.79 Å². The summed E-state index contributed by atoms with van der Waals surface area (Å²) in [7, 11) is 0. The van der Waals surface area contributed by atoms with Crippen molar-refractivity contribution in [3.63, 3.8) is 0 Å². The lowest BCUT2D eigenvalue weighted by Crippen LogP contribution is -2.27. The average molecular weight is 263 g/mol. The fraction of sp³-hybridized carbons (Fsp3) is 0.562. The molecule has 1 aromatic rings. The Morgan fingerprint density at radius 3 is 2.16 bits per heavy atom. The van der Waals surface area contributed by atoms with Crippen LogP contribution in [0, 0.1) is 19.3 Å². The van der Waals surface area contributed by atoms with Crippen molar-refractivity contribution >= 4 is 11.6 Å². The summed E-state index contributed by atoms with van der Waals surface area (Å²) >= 11 is 0. The van der Waals surface area contributed by atoms with E-state index in [0.717, 1.165) is 35.6 Å². The number of hydrogen-bond acceptors (Lipinski definition) is 2. The zero-order chi connectivity index (χ0) is 14.6. The van der Waals surface area contributed by atoms with Crippen molar-refractivity contribution in [2.45, 2.75) is 48.0 Å². The standard InChI is InChI=1S/C16H25NO2/c1-7-8-19-14-11(2)9-13(10-12(14)3)17-15(18)16(4,5)6/h9-10H,7-8H2,1-6H3,(H,17,18). The molecule has 0 radical (unpaired) electrons. The first-order valence-electron chi connectivity index (χ1n) is 6.81. The molecule has 3 heteroatoms.